The van der Waals surface area contributed by atoms with Gasteiger partial charge < -0.3 is 16.4 Å². The van der Waals surface area contributed by atoms with Crippen LogP contribution in [0.4, 0.5) is 8.78 Å². The van der Waals surface area contributed by atoms with Crippen LogP contribution in [0.25, 0.3) is 0 Å². The molecular weight excluding hydrogens is 316 g/mol. The second-order valence-corrected chi connectivity index (χ2v) is 4.60. The molecule has 0 saturated carbocycles. The third-order valence-corrected chi connectivity index (χ3v) is 2.72. The van der Waals surface area contributed by atoms with E-state index in [0.29, 0.717) is 0 Å². The molecule has 0 radical (unpaired) electrons. The third-order valence-electron chi connectivity index (χ3n) is 2.72. The van der Waals surface area contributed by atoms with Crippen LogP contribution in [0.5, 0.6) is 0 Å². The Kier molecular flexibility index (Phi) is 9.28. The zero-order valence-corrected chi connectivity index (χ0v) is 12.8. The molecule has 1 rings (SSSR count). The molecular formula is C14H20ClF2N3O2. The highest BCUT2D eigenvalue weighted by molar-refractivity contribution is 5.85. The maximum atomic E-state index is 12.8. The largest absolute Gasteiger partial charge is 0.355 e. The lowest BCUT2D eigenvalue weighted by atomic mass is 10.1. The number of benzene rings is 1. The Morgan fingerprint density at radius 2 is 1.73 bits per heavy atom. The molecule has 0 spiro atoms. The molecule has 1 aromatic rings. The first kappa shape index (κ1) is 20.3. The van der Waals surface area contributed by atoms with Gasteiger partial charge in [-0.25, -0.2) is 8.78 Å². The molecule has 0 saturated heterocycles. The number of nitrogens with one attached hydrogen (secondary N) is 2. The lowest BCUT2D eigenvalue weighted by molar-refractivity contribution is -0.123. The first-order valence-electron chi connectivity index (χ1n) is 6.58. The van der Waals surface area contributed by atoms with Gasteiger partial charge in [-0.2, -0.15) is 0 Å². The molecule has 0 bridgehead atoms. The summed E-state index contributed by atoms with van der Waals surface area (Å²) in [5.41, 5.74) is 5.71. The topological polar surface area (TPSA) is 84.2 Å². The van der Waals surface area contributed by atoms with Crippen molar-refractivity contribution in [3.63, 3.8) is 0 Å². The van der Waals surface area contributed by atoms with Crippen molar-refractivity contribution in [2.45, 2.75) is 18.8 Å². The first-order valence-corrected chi connectivity index (χ1v) is 6.58. The van der Waals surface area contributed by atoms with Crippen molar-refractivity contribution in [2.75, 3.05) is 19.6 Å². The number of carbonyl (C=O) groups is 2. The molecule has 0 atom stereocenters. The summed E-state index contributed by atoms with van der Waals surface area (Å²) in [5, 5.41) is 4.64. The first-order chi connectivity index (χ1) is 9.93. The number of rotatable bonds is 8. The molecule has 0 fully saturated rings. The Hall–Kier alpha value is -1.73. The second kappa shape index (κ2) is 10.1. The Morgan fingerprint density at radius 3 is 2.32 bits per heavy atom. The molecule has 0 aliphatic carbocycles. The summed E-state index contributed by atoms with van der Waals surface area (Å²) in [5.74, 6) is -3.88. The summed E-state index contributed by atoms with van der Waals surface area (Å²) in [6.07, 6.45) is 0.162. The van der Waals surface area contributed by atoms with Crippen LogP contribution in [-0.4, -0.2) is 37.4 Å². The summed E-state index contributed by atoms with van der Waals surface area (Å²) in [6, 6.07) is 9.15. The van der Waals surface area contributed by atoms with Gasteiger partial charge in [-0.15, -0.1) is 12.4 Å². The van der Waals surface area contributed by atoms with Crippen LogP contribution in [0.2, 0.25) is 0 Å². The van der Waals surface area contributed by atoms with Crippen LogP contribution in [0.1, 0.15) is 12.0 Å². The minimum Gasteiger partial charge on any atom is -0.355 e. The van der Waals surface area contributed by atoms with Crippen molar-refractivity contribution < 1.29 is 18.4 Å². The fourth-order valence-electron chi connectivity index (χ4n) is 1.55. The maximum Gasteiger partial charge on any atom is 0.277 e. The SMILES string of the molecule is Cl.NCC(F)(F)CNC(=O)CCNC(=O)Cc1ccccc1. The number of alkyl halides is 2. The number of hydrogen-bond acceptors (Lipinski definition) is 3. The molecule has 1 aromatic carbocycles. The monoisotopic (exact) mass is 335 g/mol. The van der Waals surface area contributed by atoms with Gasteiger partial charge in [-0.05, 0) is 5.56 Å². The van der Waals surface area contributed by atoms with E-state index in [-0.39, 0.29) is 37.7 Å². The van der Waals surface area contributed by atoms with Gasteiger partial charge in [0.1, 0.15) is 0 Å². The Morgan fingerprint density at radius 1 is 1.09 bits per heavy atom. The number of halogens is 3. The van der Waals surface area contributed by atoms with Gasteiger partial charge in [0, 0.05) is 13.0 Å². The van der Waals surface area contributed by atoms with E-state index >= 15 is 0 Å². The van der Waals surface area contributed by atoms with Crippen molar-refractivity contribution in [2.24, 2.45) is 5.73 Å². The molecule has 22 heavy (non-hydrogen) atoms. The van der Waals surface area contributed by atoms with Crippen molar-refractivity contribution >= 4 is 24.2 Å². The third kappa shape index (κ3) is 8.53. The zero-order chi connectivity index (χ0) is 15.7. The van der Waals surface area contributed by atoms with Gasteiger partial charge in [0.2, 0.25) is 11.8 Å². The predicted octanol–water partition coefficient (Wildman–Crippen LogP) is 0.867. The van der Waals surface area contributed by atoms with Crippen LogP contribution in [0.15, 0.2) is 30.3 Å². The van der Waals surface area contributed by atoms with Gasteiger partial charge >= 0.3 is 0 Å². The van der Waals surface area contributed by atoms with Gasteiger partial charge in [0.25, 0.3) is 5.92 Å². The lowest BCUT2D eigenvalue weighted by Crippen LogP contribution is -2.42. The molecule has 0 unspecified atom stereocenters. The molecule has 2 amide bonds. The Balaban J connectivity index is 0.00000441. The van der Waals surface area contributed by atoms with Gasteiger partial charge in [0.05, 0.1) is 19.5 Å². The standard InChI is InChI=1S/C14H19F2N3O2.ClH/c15-14(16,9-17)10-19-12(20)6-7-18-13(21)8-11-4-2-1-3-5-11;/h1-5H,6-10,17H2,(H,18,21)(H,19,20);1H. The van der Waals surface area contributed by atoms with Crippen molar-refractivity contribution in [3.8, 4) is 0 Å². The van der Waals surface area contributed by atoms with E-state index in [1.165, 1.54) is 0 Å². The van der Waals surface area contributed by atoms with E-state index in [9.17, 15) is 18.4 Å². The van der Waals surface area contributed by atoms with Crippen LogP contribution in [-0.2, 0) is 16.0 Å². The lowest BCUT2D eigenvalue weighted by Gasteiger charge is -2.14. The van der Waals surface area contributed by atoms with E-state index in [2.05, 4.69) is 10.6 Å². The Bertz CT molecular complexity index is 472. The Labute approximate surface area is 134 Å². The highest BCUT2D eigenvalue weighted by Gasteiger charge is 2.26. The summed E-state index contributed by atoms with van der Waals surface area (Å²) in [7, 11) is 0. The predicted molar refractivity (Wildman–Crippen MR) is 82.0 cm³/mol. The smallest absolute Gasteiger partial charge is 0.277 e. The van der Waals surface area contributed by atoms with E-state index in [1.54, 1.807) is 0 Å². The van der Waals surface area contributed by atoms with E-state index in [4.69, 9.17) is 5.73 Å². The minimum atomic E-state index is -3.10. The van der Waals surface area contributed by atoms with Crippen molar-refractivity contribution in [1.29, 1.82) is 0 Å². The summed E-state index contributed by atoms with van der Waals surface area (Å²) >= 11 is 0. The molecule has 124 valence electrons. The van der Waals surface area contributed by atoms with E-state index in [0.717, 1.165) is 5.56 Å². The van der Waals surface area contributed by atoms with Gasteiger partial charge in [0.15, 0.2) is 0 Å². The highest BCUT2D eigenvalue weighted by Crippen LogP contribution is 2.08. The molecule has 4 N–H and O–H groups in total. The fraction of sp³-hybridized carbons (Fsp3) is 0.429. The molecule has 0 heterocycles. The average molecular weight is 336 g/mol. The van der Waals surface area contributed by atoms with Gasteiger partial charge in [-0.3, -0.25) is 9.59 Å². The maximum absolute atomic E-state index is 12.8. The normalized spacial score (nSPS) is 10.5. The molecule has 0 aliphatic rings. The second-order valence-electron chi connectivity index (χ2n) is 4.60. The van der Waals surface area contributed by atoms with Crippen LogP contribution in [0, 0.1) is 0 Å². The number of carbonyl (C=O) groups excluding carboxylic acids is 2. The molecule has 0 aliphatic heterocycles. The van der Waals surface area contributed by atoms with E-state index in [1.807, 2.05) is 30.3 Å². The van der Waals surface area contributed by atoms with Crippen LogP contribution >= 0.6 is 12.4 Å². The minimum absolute atomic E-state index is 0. The van der Waals surface area contributed by atoms with Crippen LogP contribution in [0.3, 0.4) is 0 Å². The van der Waals surface area contributed by atoms with Crippen molar-refractivity contribution in [1.82, 2.24) is 10.6 Å². The highest BCUT2D eigenvalue weighted by atomic mass is 35.5. The fourth-order valence-corrected chi connectivity index (χ4v) is 1.55. The van der Waals surface area contributed by atoms with E-state index < -0.39 is 24.9 Å². The van der Waals surface area contributed by atoms with Crippen LogP contribution < -0.4 is 16.4 Å². The summed E-state index contributed by atoms with van der Waals surface area (Å²) in [4.78, 5) is 22.9. The number of nitrogens with two attached hydrogens (primary N) is 1. The molecule has 8 heteroatoms. The molecule has 0 aromatic heterocycles. The van der Waals surface area contributed by atoms with Gasteiger partial charge in [-0.1, -0.05) is 30.3 Å². The summed E-state index contributed by atoms with van der Waals surface area (Å²) < 4.78 is 25.6. The molecule has 5 nitrogen and oxygen atoms in total. The quantitative estimate of drug-likeness (QED) is 0.659. The van der Waals surface area contributed by atoms with Crippen molar-refractivity contribution in [3.05, 3.63) is 35.9 Å². The zero-order valence-electron chi connectivity index (χ0n) is 12.0. The average Bonchev–Trinajstić information content (AvgIpc) is 2.46. The number of hydrogen-bond donors (Lipinski definition) is 3. The summed E-state index contributed by atoms with van der Waals surface area (Å²) in [6.45, 7) is -1.51. The number of amides is 2.